The summed E-state index contributed by atoms with van der Waals surface area (Å²) >= 11 is 1.42. The molecule has 0 saturated carbocycles. The number of aromatic nitrogens is 2. The Morgan fingerprint density at radius 1 is 1.48 bits per heavy atom. The average molecular weight is 308 g/mol. The van der Waals surface area contributed by atoms with Crippen LogP contribution in [0.1, 0.15) is 29.2 Å². The standard InChI is InChI=1S/C14H20N4O2S/c1-8-9-10(15)11(21-13(9)17(4)16-8)12(19)18-5-6-20-7-14(18,2)3/h5-7,15H2,1-4H3. The van der Waals surface area contributed by atoms with E-state index in [-0.39, 0.29) is 11.4 Å². The number of carbonyl (C=O) groups excluding carboxylic acids is 1. The van der Waals surface area contributed by atoms with Crippen molar-refractivity contribution < 1.29 is 9.53 Å². The molecule has 2 aromatic heterocycles. The third-order valence-electron chi connectivity index (χ3n) is 3.97. The smallest absolute Gasteiger partial charge is 0.266 e. The highest BCUT2D eigenvalue weighted by Gasteiger charge is 2.36. The molecule has 114 valence electrons. The lowest BCUT2D eigenvalue weighted by molar-refractivity contribution is -0.0368. The molecule has 6 nitrogen and oxygen atoms in total. The minimum atomic E-state index is -0.314. The van der Waals surface area contributed by atoms with Gasteiger partial charge in [-0.05, 0) is 20.8 Å². The maximum atomic E-state index is 12.9. The fourth-order valence-corrected chi connectivity index (χ4v) is 3.98. The number of hydrogen-bond acceptors (Lipinski definition) is 5. The van der Waals surface area contributed by atoms with E-state index in [4.69, 9.17) is 10.5 Å². The number of ether oxygens (including phenoxy) is 1. The molecule has 0 aromatic carbocycles. The summed E-state index contributed by atoms with van der Waals surface area (Å²) in [5.74, 6) is -0.0126. The van der Waals surface area contributed by atoms with Gasteiger partial charge in [-0.25, -0.2) is 0 Å². The van der Waals surface area contributed by atoms with E-state index in [0.717, 1.165) is 15.9 Å². The largest absolute Gasteiger partial charge is 0.397 e. The lowest BCUT2D eigenvalue weighted by atomic mass is 10.0. The van der Waals surface area contributed by atoms with Gasteiger partial charge in [-0.1, -0.05) is 0 Å². The first-order chi connectivity index (χ1) is 9.83. The summed E-state index contributed by atoms with van der Waals surface area (Å²) in [4.78, 5) is 16.3. The van der Waals surface area contributed by atoms with E-state index >= 15 is 0 Å². The van der Waals surface area contributed by atoms with E-state index in [1.54, 1.807) is 4.68 Å². The third kappa shape index (κ3) is 2.11. The van der Waals surface area contributed by atoms with Gasteiger partial charge in [0.15, 0.2) is 0 Å². The Balaban J connectivity index is 2.06. The van der Waals surface area contributed by atoms with Gasteiger partial charge in [0, 0.05) is 13.6 Å². The first kappa shape index (κ1) is 14.3. The monoisotopic (exact) mass is 308 g/mol. The average Bonchev–Trinajstić information content (AvgIpc) is 2.88. The quantitative estimate of drug-likeness (QED) is 0.871. The summed E-state index contributed by atoms with van der Waals surface area (Å²) < 4.78 is 7.26. The van der Waals surface area contributed by atoms with Crippen LogP contribution in [0.4, 0.5) is 5.69 Å². The molecule has 1 saturated heterocycles. The highest BCUT2D eigenvalue weighted by Crippen LogP contribution is 2.37. The maximum Gasteiger partial charge on any atom is 0.266 e. The van der Waals surface area contributed by atoms with Crippen molar-refractivity contribution in [1.82, 2.24) is 14.7 Å². The molecule has 0 atom stereocenters. The number of morpholine rings is 1. The van der Waals surface area contributed by atoms with Crippen LogP contribution >= 0.6 is 11.3 Å². The van der Waals surface area contributed by atoms with Crippen molar-refractivity contribution in [2.45, 2.75) is 26.3 Å². The Kier molecular flexibility index (Phi) is 3.22. The molecule has 2 aromatic rings. The second kappa shape index (κ2) is 4.71. The van der Waals surface area contributed by atoms with Gasteiger partial charge >= 0.3 is 0 Å². The lowest BCUT2D eigenvalue weighted by Gasteiger charge is -2.41. The number of rotatable bonds is 1. The van der Waals surface area contributed by atoms with Crippen molar-refractivity contribution in [3.63, 3.8) is 0 Å². The van der Waals surface area contributed by atoms with Gasteiger partial charge in [0.1, 0.15) is 9.71 Å². The molecule has 0 bridgehead atoms. The predicted octanol–water partition coefficient (Wildman–Crippen LogP) is 1.78. The molecule has 1 aliphatic rings. The highest BCUT2D eigenvalue weighted by molar-refractivity contribution is 7.21. The number of carbonyl (C=O) groups is 1. The molecule has 7 heteroatoms. The van der Waals surface area contributed by atoms with Gasteiger partial charge in [-0.15, -0.1) is 11.3 Å². The molecule has 0 aliphatic carbocycles. The zero-order chi connectivity index (χ0) is 15.4. The first-order valence-corrected chi connectivity index (χ1v) is 7.76. The second-order valence-electron chi connectivity index (χ2n) is 6.06. The Morgan fingerprint density at radius 3 is 2.81 bits per heavy atom. The number of anilines is 1. The Hall–Kier alpha value is -1.60. The van der Waals surface area contributed by atoms with Crippen LogP contribution in [0.15, 0.2) is 0 Å². The number of hydrogen-bond donors (Lipinski definition) is 1. The molecular weight excluding hydrogens is 288 g/mol. The van der Waals surface area contributed by atoms with Crippen molar-refractivity contribution in [2.75, 3.05) is 25.5 Å². The van der Waals surface area contributed by atoms with Crippen LogP contribution < -0.4 is 5.73 Å². The van der Waals surface area contributed by atoms with Crippen LogP contribution in [0.5, 0.6) is 0 Å². The predicted molar refractivity (Wildman–Crippen MR) is 83.7 cm³/mol. The summed E-state index contributed by atoms with van der Waals surface area (Å²) in [6, 6.07) is 0. The molecule has 3 heterocycles. The third-order valence-corrected chi connectivity index (χ3v) is 5.23. The topological polar surface area (TPSA) is 73.4 Å². The fraction of sp³-hybridized carbons (Fsp3) is 0.571. The van der Waals surface area contributed by atoms with Crippen LogP contribution in [0.3, 0.4) is 0 Å². The number of nitrogens with zero attached hydrogens (tertiary/aromatic N) is 3. The van der Waals surface area contributed by atoms with Crippen LogP contribution in [0.2, 0.25) is 0 Å². The highest BCUT2D eigenvalue weighted by atomic mass is 32.1. The number of nitrogen functional groups attached to an aromatic ring is 1. The molecule has 0 radical (unpaired) electrons. The molecule has 1 amide bonds. The molecule has 0 spiro atoms. The van der Waals surface area contributed by atoms with Gasteiger partial charge in [0.2, 0.25) is 0 Å². The van der Waals surface area contributed by atoms with E-state index in [2.05, 4.69) is 5.10 Å². The molecular formula is C14H20N4O2S. The van der Waals surface area contributed by atoms with Gasteiger partial charge in [-0.3, -0.25) is 9.48 Å². The van der Waals surface area contributed by atoms with E-state index in [1.165, 1.54) is 11.3 Å². The summed E-state index contributed by atoms with van der Waals surface area (Å²) in [7, 11) is 1.87. The van der Waals surface area contributed by atoms with E-state index in [1.807, 2.05) is 32.7 Å². The molecule has 1 fully saturated rings. The number of nitrogens with two attached hydrogens (primary N) is 1. The van der Waals surface area contributed by atoms with Crippen molar-refractivity contribution in [1.29, 1.82) is 0 Å². The Labute approximate surface area is 127 Å². The summed E-state index contributed by atoms with van der Waals surface area (Å²) in [6.45, 7) is 7.65. The maximum absolute atomic E-state index is 12.9. The first-order valence-electron chi connectivity index (χ1n) is 6.94. The van der Waals surface area contributed by atoms with E-state index in [9.17, 15) is 4.79 Å². The van der Waals surface area contributed by atoms with Gasteiger partial charge in [0.25, 0.3) is 5.91 Å². The summed E-state index contributed by atoms with van der Waals surface area (Å²) in [6.07, 6.45) is 0. The number of amides is 1. The normalized spacial score (nSPS) is 18.4. The van der Waals surface area contributed by atoms with E-state index in [0.29, 0.717) is 30.3 Å². The zero-order valence-electron chi connectivity index (χ0n) is 12.8. The summed E-state index contributed by atoms with van der Waals surface area (Å²) in [5.41, 5.74) is 7.32. The van der Waals surface area contributed by atoms with Crippen molar-refractivity contribution >= 4 is 33.1 Å². The Bertz CT molecular complexity index is 716. The lowest BCUT2D eigenvalue weighted by Crippen LogP contribution is -2.55. The van der Waals surface area contributed by atoms with Crippen LogP contribution in [0.25, 0.3) is 10.2 Å². The zero-order valence-corrected chi connectivity index (χ0v) is 13.6. The van der Waals surface area contributed by atoms with Crippen molar-refractivity contribution in [3.8, 4) is 0 Å². The fourth-order valence-electron chi connectivity index (χ4n) is 2.85. The van der Waals surface area contributed by atoms with Crippen LogP contribution in [-0.2, 0) is 11.8 Å². The molecule has 2 N–H and O–H groups in total. The van der Waals surface area contributed by atoms with E-state index < -0.39 is 0 Å². The van der Waals surface area contributed by atoms with Gasteiger partial charge in [0.05, 0.1) is 35.5 Å². The number of fused-ring (bicyclic) bond motifs is 1. The van der Waals surface area contributed by atoms with Crippen LogP contribution in [-0.4, -0.2) is 45.9 Å². The molecule has 0 unspecified atom stereocenters. The molecule has 21 heavy (non-hydrogen) atoms. The SMILES string of the molecule is Cc1nn(C)c2sc(C(=O)N3CCOCC3(C)C)c(N)c12. The summed E-state index contributed by atoms with van der Waals surface area (Å²) in [5, 5.41) is 5.25. The molecule has 3 rings (SSSR count). The second-order valence-corrected chi connectivity index (χ2v) is 7.05. The number of thiophene rings is 1. The Morgan fingerprint density at radius 2 is 2.19 bits per heavy atom. The van der Waals surface area contributed by atoms with Gasteiger partial charge < -0.3 is 15.4 Å². The number of aryl methyl sites for hydroxylation is 2. The minimum absolute atomic E-state index is 0.0126. The van der Waals surface area contributed by atoms with Gasteiger partial charge in [-0.2, -0.15) is 5.10 Å². The minimum Gasteiger partial charge on any atom is -0.397 e. The van der Waals surface area contributed by atoms with Crippen LogP contribution in [0, 0.1) is 6.92 Å². The van der Waals surface area contributed by atoms with Crippen molar-refractivity contribution in [2.24, 2.45) is 7.05 Å². The molecule has 1 aliphatic heterocycles. The van der Waals surface area contributed by atoms with Crippen molar-refractivity contribution in [3.05, 3.63) is 10.6 Å².